The Balaban J connectivity index is 1.91. The van der Waals surface area contributed by atoms with E-state index in [-0.39, 0.29) is 36.5 Å². The molecule has 0 aliphatic carbocycles. The number of benzene rings is 1. The van der Waals surface area contributed by atoms with Gasteiger partial charge >= 0.3 is 0 Å². The van der Waals surface area contributed by atoms with E-state index in [1.165, 1.54) is 5.56 Å². The van der Waals surface area contributed by atoms with Crippen LogP contribution in [0.1, 0.15) is 49.2 Å². The van der Waals surface area contributed by atoms with Gasteiger partial charge in [0.2, 0.25) is 5.88 Å². The molecule has 0 saturated carbocycles. The standard InChI is InChI=1S/C27H35N3O3/c1-19(2)11-12-23-13-24-26(28-14-23)33-25(17-29(5)16-22-9-7-6-8-10-22)20(3)15-30(27(24)32)21(4)18-31/h6-10,13-14,19-21,25,31H,15-18H2,1-5H3/t20-,21+,25+/m1/s1. The predicted octanol–water partition coefficient (Wildman–Crippen LogP) is 3.44. The van der Waals surface area contributed by atoms with Gasteiger partial charge in [-0.25, -0.2) is 4.98 Å². The van der Waals surface area contributed by atoms with E-state index in [9.17, 15) is 9.90 Å². The third kappa shape index (κ3) is 6.56. The molecular weight excluding hydrogens is 414 g/mol. The molecule has 3 rings (SSSR count). The number of ether oxygens (including phenoxy) is 1. The highest BCUT2D eigenvalue weighted by Crippen LogP contribution is 2.27. The lowest BCUT2D eigenvalue weighted by molar-refractivity contribution is 0.0325. The zero-order valence-corrected chi connectivity index (χ0v) is 20.3. The summed E-state index contributed by atoms with van der Waals surface area (Å²) < 4.78 is 6.36. The molecule has 1 aliphatic rings. The smallest absolute Gasteiger partial charge is 0.259 e. The van der Waals surface area contributed by atoms with Crippen LogP contribution in [0.2, 0.25) is 0 Å². The summed E-state index contributed by atoms with van der Waals surface area (Å²) in [7, 11) is 2.07. The fourth-order valence-electron chi connectivity index (χ4n) is 3.88. The predicted molar refractivity (Wildman–Crippen MR) is 130 cm³/mol. The highest BCUT2D eigenvalue weighted by atomic mass is 16.5. The van der Waals surface area contributed by atoms with Gasteiger partial charge in [0.25, 0.3) is 5.91 Å². The molecule has 0 radical (unpaired) electrons. The number of nitrogens with zero attached hydrogens (tertiary/aromatic N) is 3. The van der Waals surface area contributed by atoms with Crippen LogP contribution in [0.4, 0.5) is 0 Å². The largest absolute Gasteiger partial charge is 0.472 e. The van der Waals surface area contributed by atoms with E-state index < -0.39 is 0 Å². The summed E-state index contributed by atoms with van der Waals surface area (Å²) in [6.07, 6.45) is 1.50. The second-order valence-electron chi connectivity index (χ2n) is 9.31. The van der Waals surface area contributed by atoms with Gasteiger partial charge in [0.1, 0.15) is 11.7 Å². The van der Waals surface area contributed by atoms with Gasteiger partial charge in [-0.1, -0.05) is 62.9 Å². The third-order valence-corrected chi connectivity index (χ3v) is 5.81. The van der Waals surface area contributed by atoms with E-state index in [1.807, 2.05) is 39.0 Å². The highest BCUT2D eigenvalue weighted by molar-refractivity contribution is 5.97. The molecule has 1 N–H and O–H groups in total. The Kier molecular flexibility index (Phi) is 8.49. The number of carbonyl (C=O) groups is 1. The summed E-state index contributed by atoms with van der Waals surface area (Å²) in [5.41, 5.74) is 2.31. The van der Waals surface area contributed by atoms with E-state index in [2.05, 4.69) is 47.8 Å². The molecule has 6 nitrogen and oxygen atoms in total. The SMILES string of the molecule is CC(C)C#Cc1cnc2c(c1)C(=O)N([C@@H](C)CO)C[C@@H](C)[C@H](CN(C)Cc1ccccc1)O2. The van der Waals surface area contributed by atoms with Gasteiger partial charge in [0.15, 0.2) is 0 Å². The van der Waals surface area contributed by atoms with Crippen molar-refractivity contribution in [2.45, 2.75) is 46.4 Å². The lowest BCUT2D eigenvalue weighted by Crippen LogP contribution is -2.49. The summed E-state index contributed by atoms with van der Waals surface area (Å²) in [4.78, 5) is 21.9. The van der Waals surface area contributed by atoms with Crippen molar-refractivity contribution >= 4 is 5.91 Å². The quantitative estimate of drug-likeness (QED) is 0.685. The molecule has 33 heavy (non-hydrogen) atoms. The number of pyridine rings is 1. The van der Waals surface area contributed by atoms with Crippen molar-refractivity contribution in [1.29, 1.82) is 0 Å². The molecule has 3 atom stereocenters. The molecule has 0 saturated heterocycles. The summed E-state index contributed by atoms with van der Waals surface area (Å²) in [6.45, 7) is 9.85. The van der Waals surface area contributed by atoms with Crippen LogP contribution in [0, 0.1) is 23.7 Å². The summed E-state index contributed by atoms with van der Waals surface area (Å²) in [5, 5.41) is 9.81. The first-order chi connectivity index (χ1) is 15.8. The fraction of sp³-hybridized carbons (Fsp3) is 0.481. The Labute approximate surface area is 197 Å². The first kappa shape index (κ1) is 24.8. The van der Waals surface area contributed by atoms with Crippen LogP contribution in [0.5, 0.6) is 5.88 Å². The van der Waals surface area contributed by atoms with Crippen LogP contribution in [0.25, 0.3) is 0 Å². The van der Waals surface area contributed by atoms with Crippen molar-refractivity contribution in [2.75, 3.05) is 26.7 Å². The van der Waals surface area contributed by atoms with E-state index in [0.717, 1.165) is 6.54 Å². The van der Waals surface area contributed by atoms with Crippen LogP contribution in [-0.4, -0.2) is 64.7 Å². The van der Waals surface area contributed by atoms with Gasteiger partial charge in [-0.2, -0.15) is 0 Å². The number of hydrogen-bond donors (Lipinski definition) is 1. The van der Waals surface area contributed by atoms with Crippen LogP contribution in [-0.2, 0) is 6.54 Å². The number of rotatable bonds is 6. The minimum absolute atomic E-state index is 0.0523. The number of fused-ring (bicyclic) bond motifs is 1. The Morgan fingerprint density at radius 3 is 2.67 bits per heavy atom. The number of aliphatic hydroxyl groups is 1. The van der Waals surface area contributed by atoms with Crippen molar-refractivity contribution in [2.24, 2.45) is 11.8 Å². The van der Waals surface area contributed by atoms with Crippen LogP contribution < -0.4 is 4.74 Å². The maximum absolute atomic E-state index is 13.4. The maximum Gasteiger partial charge on any atom is 0.259 e. The topological polar surface area (TPSA) is 65.9 Å². The number of likely N-dealkylation sites (N-methyl/N-ethyl adjacent to an activating group) is 1. The highest BCUT2D eigenvalue weighted by Gasteiger charge is 2.34. The first-order valence-electron chi connectivity index (χ1n) is 11.6. The third-order valence-electron chi connectivity index (χ3n) is 5.81. The van der Waals surface area contributed by atoms with Crippen molar-refractivity contribution in [1.82, 2.24) is 14.8 Å². The van der Waals surface area contributed by atoms with E-state index in [0.29, 0.717) is 30.1 Å². The van der Waals surface area contributed by atoms with Crippen molar-refractivity contribution in [3.05, 3.63) is 59.3 Å². The molecule has 1 aromatic heterocycles. The van der Waals surface area contributed by atoms with Gasteiger partial charge in [-0.05, 0) is 25.6 Å². The Morgan fingerprint density at radius 2 is 2.00 bits per heavy atom. The minimum atomic E-state index is -0.306. The molecule has 1 aliphatic heterocycles. The number of amides is 1. The average molecular weight is 450 g/mol. The van der Waals surface area contributed by atoms with Crippen molar-refractivity contribution in [3.63, 3.8) is 0 Å². The molecule has 0 spiro atoms. The lowest BCUT2D eigenvalue weighted by Gasteiger charge is -2.37. The number of hydrogen-bond acceptors (Lipinski definition) is 5. The van der Waals surface area contributed by atoms with Crippen LogP contribution in [0.15, 0.2) is 42.6 Å². The molecule has 2 heterocycles. The number of carbonyl (C=O) groups excluding carboxylic acids is 1. The Hall–Kier alpha value is -2.88. The van der Waals surface area contributed by atoms with Gasteiger partial charge in [0.05, 0.1) is 12.6 Å². The monoisotopic (exact) mass is 449 g/mol. The molecule has 1 amide bonds. The average Bonchev–Trinajstić information content (AvgIpc) is 2.80. The second-order valence-corrected chi connectivity index (χ2v) is 9.31. The maximum atomic E-state index is 13.4. The number of aliphatic hydroxyl groups excluding tert-OH is 1. The first-order valence-corrected chi connectivity index (χ1v) is 11.6. The normalized spacial score (nSPS) is 19.3. The Bertz CT molecular complexity index is 997. The fourth-order valence-corrected chi connectivity index (χ4v) is 3.88. The second kappa shape index (κ2) is 11.3. The Morgan fingerprint density at radius 1 is 1.27 bits per heavy atom. The van der Waals surface area contributed by atoms with E-state index >= 15 is 0 Å². The molecule has 6 heteroatoms. The molecule has 176 valence electrons. The lowest BCUT2D eigenvalue weighted by atomic mass is 9.99. The van der Waals surface area contributed by atoms with Gasteiger partial charge < -0.3 is 14.7 Å². The van der Waals surface area contributed by atoms with Crippen molar-refractivity contribution < 1.29 is 14.6 Å². The molecule has 1 aromatic carbocycles. The van der Waals surface area contributed by atoms with Crippen LogP contribution >= 0.6 is 0 Å². The van der Waals surface area contributed by atoms with Gasteiger partial charge in [-0.3, -0.25) is 9.69 Å². The van der Waals surface area contributed by atoms with E-state index in [1.54, 1.807) is 17.2 Å². The molecule has 0 bridgehead atoms. The molecule has 0 fully saturated rings. The van der Waals surface area contributed by atoms with Gasteiger partial charge in [-0.15, -0.1) is 0 Å². The minimum Gasteiger partial charge on any atom is -0.472 e. The number of aromatic nitrogens is 1. The summed E-state index contributed by atoms with van der Waals surface area (Å²) >= 11 is 0. The summed E-state index contributed by atoms with van der Waals surface area (Å²) in [5.74, 6) is 6.62. The van der Waals surface area contributed by atoms with Crippen molar-refractivity contribution in [3.8, 4) is 17.7 Å². The molecule has 2 aromatic rings. The summed E-state index contributed by atoms with van der Waals surface area (Å²) in [6, 6.07) is 11.8. The van der Waals surface area contributed by atoms with Crippen LogP contribution in [0.3, 0.4) is 0 Å². The zero-order chi connectivity index (χ0) is 24.0. The molecule has 0 unspecified atom stereocenters. The van der Waals surface area contributed by atoms with Gasteiger partial charge in [0, 0.05) is 43.2 Å². The van der Waals surface area contributed by atoms with E-state index in [4.69, 9.17) is 4.74 Å². The molecular formula is C27H35N3O3. The zero-order valence-electron chi connectivity index (χ0n) is 20.3.